The van der Waals surface area contributed by atoms with Crippen molar-refractivity contribution >= 4 is 61.8 Å². The molecular formula is C30H34BrF6IO5. The number of aromatic carboxylic acids is 2. The lowest BCUT2D eigenvalue weighted by Gasteiger charge is -2.18. The van der Waals surface area contributed by atoms with E-state index in [1.54, 1.807) is 0 Å². The van der Waals surface area contributed by atoms with Crippen LogP contribution in [-0.2, 0) is 17.1 Å². The lowest BCUT2D eigenvalue weighted by Crippen LogP contribution is -2.11. The first-order valence-corrected chi connectivity index (χ1v) is 15.7. The fourth-order valence-electron chi connectivity index (χ4n) is 4.10. The van der Waals surface area contributed by atoms with Gasteiger partial charge in [0.25, 0.3) is 0 Å². The molecule has 240 valence electrons. The van der Waals surface area contributed by atoms with E-state index in [1.165, 1.54) is 18.6 Å². The molecule has 1 saturated carbocycles. The maximum Gasteiger partial charge on any atom is 0.417 e. The first-order valence-electron chi connectivity index (χ1n) is 12.7. The van der Waals surface area contributed by atoms with Crippen LogP contribution in [0.25, 0.3) is 5.57 Å². The Hall–Kier alpha value is -2.42. The third-order valence-corrected chi connectivity index (χ3v) is 6.83. The monoisotopic (exact) mass is 794 g/mol. The molecule has 2 aliphatic carbocycles. The van der Waals surface area contributed by atoms with Gasteiger partial charge in [0.15, 0.2) is 0 Å². The quantitative estimate of drug-likeness (QED) is 0.183. The van der Waals surface area contributed by atoms with Gasteiger partial charge in [-0.15, -0.1) is 0 Å². The van der Waals surface area contributed by atoms with Crippen LogP contribution in [0, 0.1) is 0 Å². The molecule has 2 N–H and O–H groups in total. The van der Waals surface area contributed by atoms with Crippen molar-refractivity contribution in [2.45, 2.75) is 77.6 Å². The number of carbonyl (C=O) groups is 3. The molecular weight excluding hydrogens is 761 g/mol. The Labute approximate surface area is 269 Å². The van der Waals surface area contributed by atoms with Crippen LogP contribution in [0.4, 0.5) is 26.3 Å². The second kappa shape index (κ2) is 19.1. The van der Waals surface area contributed by atoms with Gasteiger partial charge < -0.3 is 10.2 Å². The summed E-state index contributed by atoms with van der Waals surface area (Å²) >= 11 is 4.85. The van der Waals surface area contributed by atoms with E-state index in [9.17, 15) is 40.7 Å². The molecule has 43 heavy (non-hydrogen) atoms. The Kier molecular flexibility index (Phi) is 18.0. The number of carboxylic acid groups (broad SMARTS) is 2. The average Bonchev–Trinajstić information content (AvgIpc) is 2.94. The van der Waals surface area contributed by atoms with Crippen molar-refractivity contribution in [2.75, 3.05) is 4.93 Å². The molecule has 0 radical (unpaired) electrons. The van der Waals surface area contributed by atoms with Gasteiger partial charge in [-0.1, -0.05) is 64.5 Å². The zero-order valence-electron chi connectivity index (χ0n) is 22.5. The number of rotatable bonds is 3. The minimum absolute atomic E-state index is 0. The molecule has 2 aliphatic rings. The lowest BCUT2D eigenvalue weighted by atomic mass is 9.89. The maximum absolute atomic E-state index is 13.0. The third kappa shape index (κ3) is 13.8. The van der Waals surface area contributed by atoms with E-state index in [4.69, 9.17) is 10.2 Å². The molecule has 0 bridgehead atoms. The predicted molar refractivity (Wildman–Crippen MR) is 166 cm³/mol. The molecule has 0 heterocycles. The van der Waals surface area contributed by atoms with Crippen molar-refractivity contribution in [3.63, 3.8) is 0 Å². The van der Waals surface area contributed by atoms with Crippen molar-refractivity contribution in [3.05, 3.63) is 74.8 Å². The van der Waals surface area contributed by atoms with Crippen LogP contribution in [0.3, 0.4) is 0 Å². The lowest BCUT2D eigenvalue weighted by molar-refractivity contribution is -0.138. The highest BCUT2D eigenvalue weighted by Crippen LogP contribution is 2.38. The summed E-state index contributed by atoms with van der Waals surface area (Å²) in [6.07, 6.45) is 1.19. The summed E-state index contributed by atoms with van der Waals surface area (Å²) in [6.45, 7) is 0. The number of hydrogen-bond donors (Lipinski definition) is 2. The Bertz CT molecular complexity index is 1250. The number of allylic oxidation sites excluding steroid dienone is 2. The second-order valence-corrected chi connectivity index (χ2v) is 9.99. The zero-order chi connectivity index (χ0) is 32.1. The van der Waals surface area contributed by atoms with Crippen LogP contribution in [0.1, 0.15) is 103 Å². The Morgan fingerprint density at radius 1 is 0.744 bits per heavy atom. The highest BCUT2D eigenvalue weighted by molar-refractivity contribution is 14.1. The van der Waals surface area contributed by atoms with E-state index in [0.717, 1.165) is 57.1 Å². The summed E-state index contributed by atoms with van der Waals surface area (Å²) < 4.78 is 75.7. The number of carboxylic acids is 2. The van der Waals surface area contributed by atoms with Gasteiger partial charge in [-0.2, -0.15) is 26.3 Å². The molecule has 2 aromatic rings. The Balaban J connectivity index is 0.000000645. The van der Waals surface area contributed by atoms with E-state index in [-0.39, 0.29) is 28.6 Å². The summed E-state index contributed by atoms with van der Waals surface area (Å²) in [4.78, 5) is 33.6. The maximum atomic E-state index is 13.0. The fraction of sp³-hybridized carbons (Fsp3) is 0.433. The SMILES string of the molecule is C.CI.O=C(O)c1ccc(Br)c(C(F)(F)F)c1.O=C(O)c1ccc(C2=CCCCC2)c(C(F)(F)F)c1.O=C1CCCCC1. The molecule has 0 unspecified atom stereocenters. The first-order chi connectivity index (χ1) is 19.6. The molecule has 0 amide bonds. The van der Waals surface area contributed by atoms with Crippen LogP contribution in [-0.4, -0.2) is 32.9 Å². The van der Waals surface area contributed by atoms with Crippen molar-refractivity contribution in [1.82, 2.24) is 0 Å². The summed E-state index contributed by atoms with van der Waals surface area (Å²) in [5, 5.41) is 17.3. The largest absolute Gasteiger partial charge is 0.478 e. The number of Topliss-reactive ketones (excluding diaryl/α,β-unsaturated/α-hetero) is 1. The summed E-state index contributed by atoms with van der Waals surface area (Å²) in [5.74, 6) is -2.27. The summed E-state index contributed by atoms with van der Waals surface area (Å²) in [6, 6.07) is 5.96. The smallest absolute Gasteiger partial charge is 0.417 e. The van der Waals surface area contributed by atoms with Crippen LogP contribution in [0.5, 0.6) is 0 Å². The van der Waals surface area contributed by atoms with Gasteiger partial charge in [0, 0.05) is 17.3 Å². The number of ketones is 1. The van der Waals surface area contributed by atoms with Crippen molar-refractivity contribution in [1.29, 1.82) is 0 Å². The minimum Gasteiger partial charge on any atom is -0.478 e. The number of hydrogen-bond acceptors (Lipinski definition) is 3. The van der Waals surface area contributed by atoms with Gasteiger partial charge in [-0.05, 0) is 84.9 Å². The van der Waals surface area contributed by atoms with E-state index in [2.05, 4.69) is 38.5 Å². The minimum atomic E-state index is -4.55. The average molecular weight is 795 g/mol. The molecule has 1 fully saturated rings. The molecule has 0 aliphatic heterocycles. The van der Waals surface area contributed by atoms with Crippen molar-refractivity contribution < 1.29 is 50.9 Å². The number of carbonyl (C=O) groups excluding carboxylic acids is 1. The normalized spacial score (nSPS) is 14.6. The van der Waals surface area contributed by atoms with E-state index in [1.807, 2.05) is 11.0 Å². The molecule has 5 nitrogen and oxygen atoms in total. The Morgan fingerprint density at radius 3 is 1.60 bits per heavy atom. The molecule has 13 heteroatoms. The zero-order valence-corrected chi connectivity index (χ0v) is 26.3. The third-order valence-electron chi connectivity index (χ3n) is 6.14. The molecule has 0 saturated heterocycles. The summed E-state index contributed by atoms with van der Waals surface area (Å²) in [7, 11) is 0. The second-order valence-electron chi connectivity index (χ2n) is 9.14. The van der Waals surface area contributed by atoms with Gasteiger partial charge in [0.1, 0.15) is 5.78 Å². The topological polar surface area (TPSA) is 91.7 Å². The van der Waals surface area contributed by atoms with Gasteiger partial charge in [-0.25, -0.2) is 9.59 Å². The van der Waals surface area contributed by atoms with Crippen LogP contribution in [0.15, 0.2) is 46.9 Å². The van der Waals surface area contributed by atoms with Gasteiger partial charge in [-0.3, -0.25) is 4.79 Å². The molecule has 2 aromatic carbocycles. The van der Waals surface area contributed by atoms with Crippen molar-refractivity contribution in [3.8, 4) is 0 Å². The van der Waals surface area contributed by atoms with E-state index in [0.29, 0.717) is 29.9 Å². The van der Waals surface area contributed by atoms with Gasteiger partial charge in [0.05, 0.1) is 22.3 Å². The van der Waals surface area contributed by atoms with Crippen molar-refractivity contribution in [2.24, 2.45) is 0 Å². The van der Waals surface area contributed by atoms with Gasteiger partial charge in [0.2, 0.25) is 0 Å². The van der Waals surface area contributed by atoms with E-state index < -0.39 is 35.4 Å². The predicted octanol–water partition coefficient (Wildman–Crippen LogP) is 10.7. The number of benzene rings is 2. The Morgan fingerprint density at radius 2 is 1.21 bits per heavy atom. The van der Waals surface area contributed by atoms with Crippen LogP contribution >= 0.6 is 38.5 Å². The van der Waals surface area contributed by atoms with Crippen LogP contribution in [0.2, 0.25) is 0 Å². The molecule has 4 rings (SSSR count). The molecule has 0 atom stereocenters. The fourth-order valence-corrected chi connectivity index (χ4v) is 4.57. The highest BCUT2D eigenvalue weighted by Gasteiger charge is 2.35. The number of alkyl halides is 7. The van der Waals surface area contributed by atoms with Crippen LogP contribution < -0.4 is 0 Å². The molecule has 0 spiro atoms. The highest BCUT2D eigenvalue weighted by atomic mass is 127. The standard InChI is InChI=1S/C14H13F3O2.C8H4BrF3O2.C6H10O.CH3I.CH4/c15-14(16,17)12-8-10(13(18)19)6-7-11(12)9-4-2-1-3-5-9;9-6-2-1-4(7(13)14)3-5(6)8(10,11)12;7-6-4-2-1-3-5-6;1-2;/h4,6-8H,1-3,5H2,(H,18,19);1-3H,(H,13,14);1-5H2;1H3;1H4. The number of halogens is 8. The summed E-state index contributed by atoms with van der Waals surface area (Å²) in [5.41, 5.74) is -1.81. The molecule has 0 aromatic heterocycles. The van der Waals surface area contributed by atoms with E-state index >= 15 is 0 Å². The first kappa shape index (κ1) is 40.6. The van der Waals surface area contributed by atoms with Gasteiger partial charge >= 0.3 is 24.3 Å².